The fourth-order valence-corrected chi connectivity index (χ4v) is 2.78. The lowest BCUT2D eigenvalue weighted by Crippen LogP contribution is -2.01. The first kappa shape index (κ1) is 16.4. The molecule has 0 aliphatic rings. The molecule has 0 atom stereocenters. The molecule has 6 heteroatoms. The second-order valence-electron chi connectivity index (χ2n) is 5.68. The highest BCUT2D eigenvalue weighted by Crippen LogP contribution is 2.25. The Hall–Kier alpha value is -2.47. The first-order chi connectivity index (χ1) is 11.5. The highest BCUT2D eigenvalue weighted by molar-refractivity contribution is 9.10. The van der Waals surface area contributed by atoms with Crippen LogP contribution in [-0.2, 0) is 0 Å². The Bertz CT molecular complexity index is 821. The fourth-order valence-electron chi connectivity index (χ4n) is 2.54. The summed E-state index contributed by atoms with van der Waals surface area (Å²) in [6.07, 6.45) is 5.24. The number of aromatic nitrogens is 3. The molecule has 0 unspecified atom stereocenters. The van der Waals surface area contributed by atoms with Crippen molar-refractivity contribution in [2.75, 3.05) is 10.6 Å². The number of pyridine rings is 1. The van der Waals surface area contributed by atoms with E-state index in [0.717, 1.165) is 15.8 Å². The molecule has 0 fully saturated rings. The van der Waals surface area contributed by atoms with E-state index < -0.39 is 0 Å². The van der Waals surface area contributed by atoms with Crippen molar-refractivity contribution in [1.82, 2.24) is 15.0 Å². The van der Waals surface area contributed by atoms with Gasteiger partial charge in [0, 0.05) is 16.4 Å². The lowest BCUT2D eigenvalue weighted by atomic mass is 10.1. The predicted octanol–water partition coefficient (Wildman–Crippen LogP) is 5.05. The number of hydrogen-bond acceptors (Lipinski definition) is 5. The summed E-state index contributed by atoms with van der Waals surface area (Å²) < 4.78 is 0.928. The first-order valence-corrected chi connectivity index (χ1v) is 8.36. The number of benzene rings is 1. The minimum Gasteiger partial charge on any atom is -0.353 e. The first-order valence-electron chi connectivity index (χ1n) is 7.57. The van der Waals surface area contributed by atoms with Crippen molar-refractivity contribution in [1.29, 1.82) is 0 Å². The molecule has 122 valence electrons. The van der Waals surface area contributed by atoms with Crippen molar-refractivity contribution in [2.24, 2.45) is 0 Å². The minimum absolute atomic E-state index is 0.507. The summed E-state index contributed by atoms with van der Waals surface area (Å²) >= 11 is 3.36. The topological polar surface area (TPSA) is 62.7 Å². The van der Waals surface area contributed by atoms with Gasteiger partial charge in [-0.1, -0.05) is 17.7 Å². The zero-order valence-electron chi connectivity index (χ0n) is 13.8. The number of rotatable bonds is 4. The van der Waals surface area contributed by atoms with Crippen molar-refractivity contribution in [2.45, 2.75) is 20.8 Å². The number of anilines is 4. The van der Waals surface area contributed by atoms with Crippen LogP contribution in [0.2, 0.25) is 0 Å². The van der Waals surface area contributed by atoms with Crippen molar-refractivity contribution in [3.8, 4) is 0 Å². The molecule has 0 saturated heterocycles. The number of aryl methyl sites for hydroxylation is 3. The predicted molar refractivity (Wildman–Crippen MR) is 101 cm³/mol. The van der Waals surface area contributed by atoms with E-state index in [1.165, 1.54) is 16.7 Å². The summed E-state index contributed by atoms with van der Waals surface area (Å²) in [7, 11) is 0. The number of nitrogens with zero attached hydrogens (tertiary/aromatic N) is 3. The summed E-state index contributed by atoms with van der Waals surface area (Å²) in [4.78, 5) is 12.9. The van der Waals surface area contributed by atoms with Crippen LogP contribution in [0.25, 0.3) is 0 Å². The van der Waals surface area contributed by atoms with Crippen LogP contribution in [0.3, 0.4) is 0 Å². The smallest absolute Gasteiger partial charge is 0.228 e. The molecule has 0 radical (unpaired) electrons. The summed E-state index contributed by atoms with van der Waals surface area (Å²) in [6.45, 7) is 6.29. The molecule has 3 rings (SSSR count). The molecule has 2 aromatic heterocycles. The van der Waals surface area contributed by atoms with E-state index in [9.17, 15) is 0 Å². The van der Waals surface area contributed by atoms with Gasteiger partial charge >= 0.3 is 0 Å². The Kier molecular flexibility index (Phi) is 4.76. The molecule has 0 bridgehead atoms. The Labute approximate surface area is 149 Å². The molecule has 24 heavy (non-hydrogen) atoms. The SMILES string of the molecule is Cc1cc(C)c(Nc2cnc(Nc3ccc(Br)cn3)nc2)c(C)c1. The zero-order valence-corrected chi connectivity index (χ0v) is 15.3. The third-order valence-electron chi connectivity index (χ3n) is 3.57. The van der Waals surface area contributed by atoms with Gasteiger partial charge in [0.15, 0.2) is 0 Å². The molecule has 0 aliphatic carbocycles. The number of hydrogen-bond donors (Lipinski definition) is 2. The third-order valence-corrected chi connectivity index (χ3v) is 4.03. The van der Waals surface area contributed by atoms with Gasteiger partial charge in [0.1, 0.15) is 5.82 Å². The van der Waals surface area contributed by atoms with Crippen LogP contribution in [-0.4, -0.2) is 15.0 Å². The van der Waals surface area contributed by atoms with Gasteiger partial charge in [0.2, 0.25) is 5.95 Å². The van der Waals surface area contributed by atoms with Gasteiger partial charge in [0.05, 0.1) is 18.1 Å². The normalized spacial score (nSPS) is 10.5. The maximum atomic E-state index is 4.33. The largest absolute Gasteiger partial charge is 0.353 e. The maximum Gasteiger partial charge on any atom is 0.228 e. The van der Waals surface area contributed by atoms with Crippen molar-refractivity contribution < 1.29 is 0 Å². The summed E-state index contributed by atoms with van der Waals surface area (Å²) in [5, 5.41) is 6.46. The zero-order chi connectivity index (χ0) is 17.1. The number of halogens is 1. The van der Waals surface area contributed by atoms with Gasteiger partial charge in [-0.15, -0.1) is 0 Å². The highest BCUT2D eigenvalue weighted by atomic mass is 79.9. The molecule has 2 heterocycles. The van der Waals surface area contributed by atoms with E-state index in [0.29, 0.717) is 11.8 Å². The monoisotopic (exact) mass is 383 g/mol. The Morgan fingerprint density at radius 2 is 1.50 bits per heavy atom. The Morgan fingerprint density at radius 1 is 0.833 bits per heavy atom. The Morgan fingerprint density at radius 3 is 2.08 bits per heavy atom. The van der Waals surface area contributed by atoms with Crippen molar-refractivity contribution in [3.63, 3.8) is 0 Å². The molecule has 3 aromatic rings. The van der Waals surface area contributed by atoms with Gasteiger partial charge in [-0.25, -0.2) is 15.0 Å². The average Bonchev–Trinajstić information content (AvgIpc) is 2.54. The molecule has 0 saturated carbocycles. The van der Waals surface area contributed by atoms with Crippen LogP contribution in [0, 0.1) is 20.8 Å². The minimum atomic E-state index is 0.507. The van der Waals surface area contributed by atoms with E-state index in [4.69, 9.17) is 0 Å². The second-order valence-corrected chi connectivity index (χ2v) is 6.60. The number of nitrogens with one attached hydrogen (secondary N) is 2. The summed E-state index contributed by atoms with van der Waals surface area (Å²) in [6, 6.07) is 8.09. The fraction of sp³-hybridized carbons (Fsp3) is 0.167. The molecule has 0 amide bonds. The van der Waals surface area contributed by atoms with Gasteiger partial charge in [-0.3, -0.25) is 0 Å². The van der Waals surface area contributed by atoms with E-state index in [2.05, 4.69) is 74.4 Å². The van der Waals surface area contributed by atoms with Crippen LogP contribution >= 0.6 is 15.9 Å². The van der Waals surface area contributed by atoms with Gasteiger partial charge < -0.3 is 10.6 Å². The van der Waals surface area contributed by atoms with Gasteiger partial charge in [-0.05, 0) is 60.0 Å². The lowest BCUT2D eigenvalue weighted by molar-refractivity contribution is 1.14. The molecule has 0 aliphatic heterocycles. The highest BCUT2D eigenvalue weighted by Gasteiger charge is 2.05. The Balaban J connectivity index is 1.74. The third kappa shape index (κ3) is 3.89. The molecular formula is C18H18BrN5. The van der Waals surface area contributed by atoms with E-state index in [1.807, 2.05) is 12.1 Å². The summed E-state index contributed by atoms with van der Waals surface area (Å²) in [5.41, 5.74) is 5.61. The van der Waals surface area contributed by atoms with E-state index in [1.54, 1.807) is 18.6 Å². The molecule has 2 N–H and O–H groups in total. The molecular weight excluding hydrogens is 366 g/mol. The van der Waals surface area contributed by atoms with Crippen molar-refractivity contribution >= 4 is 39.1 Å². The van der Waals surface area contributed by atoms with Crippen LogP contribution < -0.4 is 10.6 Å². The maximum absolute atomic E-state index is 4.33. The average molecular weight is 384 g/mol. The van der Waals surface area contributed by atoms with E-state index in [-0.39, 0.29) is 0 Å². The van der Waals surface area contributed by atoms with Crippen LogP contribution in [0.5, 0.6) is 0 Å². The molecule has 1 aromatic carbocycles. The van der Waals surface area contributed by atoms with Crippen LogP contribution in [0.15, 0.2) is 47.3 Å². The van der Waals surface area contributed by atoms with Gasteiger partial charge in [-0.2, -0.15) is 0 Å². The van der Waals surface area contributed by atoms with Crippen molar-refractivity contribution in [3.05, 3.63) is 64.0 Å². The van der Waals surface area contributed by atoms with Crippen LogP contribution in [0.1, 0.15) is 16.7 Å². The summed E-state index contributed by atoms with van der Waals surface area (Å²) in [5.74, 6) is 1.21. The van der Waals surface area contributed by atoms with E-state index >= 15 is 0 Å². The second kappa shape index (κ2) is 6.97. The van der Waals surface area contributed by atoms with Crippen LogP contribution in [0.4, 0.5) is 23.1 Å². The molecule has 0 spiro atoms. The molecule has 5 nitrogen and oxygen atoms in total. The standard InChI is InChI=1S/C18H18BrN5/c1-11-6-12(2)17(13(3)7-11)23-15-9-21-18(22-10-15)24-16-5-4-14(19)8-20-16/h4-10,23H,1-3H3,(H,20,21,22,24). The van der Waals surface area contributed by atoms with Gasteiger partial charge in [0.25, 0.3) is 0 Å². The quantitative estimate of drug-likeness (QED) is 0.659. The lowest BCUT2D eigenvalue weighted by Gasteiger charge is -2.13.